The lowest BCUT2D eigenvalue weighted by Gasteiger charge is -2.26. The van der Waals surface area contributed by atoms with Crippen molar-refractivity contribution in [2.45, 2.75) is 64.9 Å². The SMILES string of the molecule is CCCCc1ccccc1C(CC)C(CC)O[Si]. The van der Waals surface area contributed by atoms with Gasteiger partial charge in [-0.1, -0.05) is 51.5 Å². The van der Waals surface area contributed by atoms with Gasteiger partial charge in [-0.25, -0.2) is 0 Å². The first-order chi connectivity index (χ1) is 8.78. The molecule has 0 aliphatic heterocycles. The molecule has 1 aromatic rings. The van der Waals surface area contributed by atoms with Gasteiger partial charge in [0.15, 0.2) is 0 Å². The van der Waals surface area contributed by atoms with E-state index in [0.717, 1.165) is 12.8 Å². The molecule has 0 spiro atoms. The molecule has 0 bridgehead atoms. The van der Waals surface area contributed by atoms with Crippen molar-refractivity contribution in [3.05, 3.63) is 35.4 Å². The number of unbranched alkanes of at least 4 members (excludes halogenated alkanes) is 1. The van der Waals surface area contributed by atoms with Crippen LogP contribution in [0.3, 0.4) is 0 Å². The third-order valence-corrected chi connectivity index (χ3v) is 4.00. The molecule has 1 rings (SSSR count). The Morgan fingerprint density at radius 2 is 1.83 bits per heavy atom. The van der Waals surface area contributed by atoms with Crippen LogP contribution in [0.2, 0.25) is 0 Å². The van der Waals surface area contributed by atoms with Crippen LogP contribution in [0.4, 0.5) is 0 Å². The normalized spacial score (nSPS) is 14.4. The third-order valence-electron chi connectivity index (χ3n) is 3.70. The second kappa shape index (κ2) is 8.49. The second-order valence-corrected chi connectivity index (χ2v) is 5.12. The molecule has 0 fully saturated rings. The van der Waals surface area contributed by atoms with E-state index in [1.54, 1.807) is 0 Å². The van der Waals surface area contributed by atoms with Crippen molar-refractivity contribution in [2.75, 3.05) is 0 Å². The molecule has 0 aromatic heterocycles. The summed E-state index contributed by atoms with van der Waals surface area (Å²) in [4.78, 5) is 0. The van der Waals surface area contributed by atoms with Crippen molar-refractivity contribution < 1.29 is 4.43 Å². The standard InChI is InChI=1S/C16H25OSi/c1-4-7-10-13-11-8-9-12-15(13)14(5-2)16(6-3)17-18/h8-9,11-12,14,16H,4-7,10H2,1-3H3. The topological polar surface area (TPSA) is 9.23 Å². The van der Waals surface area contributed by atoms with Gasteiger partial charge in [-0.05, 0) is 36.8 Å². The zero-order chi connectivity index (χ0) is 13.4. The van der Waals surface area contributed by atoms with E-state index < -0.39 is 0 Å². The van der Waals surface area contributed by atoms with Crippen LogP contribution in [0.15, 0.2) is 24.3 Å². The number of hydrogen-bond acceptors (Lipinski definition) is 1. The lowest BCUT2D eigenvalue weighted by molar-refractivity contribution is 0.178. The van der Waals surface area contributed by atoms with E-state index in [0.29, 0.717) is 5.92 Å². The van der Waals surface area contributed by atoms with Crippen molar-refractivity contribution in [3.63, 3.8) is 0 Å². The highest BCUT2D eigenvalue weighted by atomic mass is 28.2. The van der Waals surface area contributed by atoms with Crippen LogP contribution in [-0.4, -0.2) is 16.6 Å². The van der Waals surface area contributed by atoms with Crippen molar-refractivity contribution in [1.29, 1.82) is 0 Å². The smallest absolute Gasteiger partial charge is 0.246 e. The fourth-order valence-electron chi connectivity index (χ4n) is 2.62. The van der Waals surface area contributed by atoms with E-state index >= 15 is 0 Å². The Morgan fingerprint density at radius 3 is 2.39 bits per heavy atom. The Bertz CT molecular complexity index is 334. The average Bonchev–Trinajstić information content (AvgIpc) is 2.43. The molecule has 99 valence electrons. The quantitative estimate of drug-likeness (QED) is 0.630. The van der Waals surface area contributed by atoms with Gasteiger partial charge in [-0.3, -0.25) is 0 Å². The van der Waals surface area contributed by atoms with Gasteiger partial charge >= 0.3 is 0 Å². The Hall–Kier alpha value is -0.603. The van der Waals surface area contributed by atoms with Crippen molar-refractivity contribution in [2.24, 2.45) is 0 Å². The van der Waals surface area contributed by atoms with E-state index in [1.807, 2.05) is 0 Å². The number of benzene rings is 1. The van der Waals surface area contributed by atoms with Crippen LogP contribution < -0.4 is 0 Å². The molecule has 0 heterocycles. The maximum absolute atomic E-state index is 5.47. The predicted molar refractivity (Wildman–Crippen MR) is 79.0 cm³/mol. The zero-order valence-electron chi connectivity index (χ0n) is 11.9. The van der Waals surface area contributed by atoms with Crippen LogP contribution in [0.25, 0.3) is 0 Å². The minimum Gasteiger partial charge on any atom is -0.415 e. The van der Waals surface area contributed by atoms with Gasteiger partial charge in [0.2, 0.25) is 10.5 Å². The largest absolute Gasteiger partial charge is 0.415 e. The predicted octanol–water partition coefficient (Wildman–Crippen LogP) is 4.40. The van der Waals surface area contributed by atoms with Crippen LogP contribution in [0.1, 0.15) is 63.5 Å². The lowest BCUT2D eigenvalue weighted by Crippen LogP contribution is -2.21. The minimum absolute atomic E-state index is 0.259. The van der Waals surface area contributed by atoms with Gasteiger partial charge in [0.05, 0.1) is 6.10 Å². The van der Waals surface area contributed by atoms with Crippen molar-refractivity contribution in [3.8, 4) is 0 Å². The molecule has 0 N–H and O–H groups in total. The molecule has 2 unspecified atom stereocenters. The second-order valence-electron chi connectivity index (χ2n) is 4.88. The molecule has 0 aliphatic carbocycles. The maximum Gasteiger partial charge on any atom is 0.246 e. The molecular weight excluding hydrogens is 236 g/mol. The Labute approximate surface area is 115 Å². The third kappa shape index (κ3) is 3.96. The molecule has 0 aliphatic rings. The molecule has 2 heteroatoms. The first-order valence-electron chi connectivity index (χ1n) is 7.18. The lowest BCUT2D eigenvalue weighted by atomic mass is 9.85. The first kappa shape index (κ1) is 15.5. The van der Waals surface area contributed by atoms with Crippen LogP contribution in [0, 0.1) is 0 Å². The highest BCUT2D eigenvalue weighted by Crippen LogP contribution is 2.30. The van der Waals surface area contributed by atoms with Crippen molar-refractivity contribution >= 4 is 10.5 Å². The highest BCUT2D eigenvalue weighted by Gasteiger charge is 2.21. The molecule has 2 atom stereocenters. The zero-order valence-corrected chi connectivity index (χ0v) is 12.9. The van der Waals surface area contributed by atoms with Gasteiger partial charge in [0.1, 0.15) is 0 Å². The van der Waals surface area contributed by atoms with Crippen LogP contribution in [-0.2, 0) is 10.8 Å². The van der Waals surface area contributed by atoms with Gasteiger partial charge in [-0.15, -0.1) is 0 Å². The molecule has 1 nitrogen and oxygen atoms in total. The summed E-state index contributed by atoms with van der Waals surface area (Å²) in [5, 5.41) is 0. The van der Waals surface area contributed by atoms with E-state index in [2.05, 4.69) is 55.5 Å². The highest BCUT2D eigenvalue weighted by molar-refractivity contribution is 5.98. The number of aryl methyl sites for hydroxylation is 1. The summed E-state index contributed by atoms with van der Waals surface area (Å²) in [6, 6.07) is 8.84. The minimum atomic E-state index is 0.259. The molecule has 0 amide bonds. The summed E-state index contributed by atoms with van der Waals surface area (Å²) in [6.07, 6.45) is 6.10. The van der Waals surface area contributed by atoms with Gasteiger partial charge in [0, 0.05) is 5.92 Å². The van der Waals surface area contributed by atoms with E-state index in [-0.39, 0.29) is 6.10 Å². The van der Waals surface area contributed by atoms with Crippen LogP contribution in [0.5, 0.6) is 0 Å². The van der Waals surface area contributed by atoms with Crippen molar-refractivity contribution in [1.82, 2.24) is 0 Å². The van der Waals surface area contributed by atoms with Gasteiger partial charge in [-0.2, -0.15) is 0 Å². The fraction of sp³-hybridized carbons (Fsp3) is 0.625. The maximum atomic E-state index is 5.47. The van der Waals surface area contributed by atoms with Gasteiger partial charge < -0.3 is 4.43 Å². The summed E-state index contributed by atoms with van der Waals surface area (Å²) in [6.45, 7) is 6.67. The average molecular weight is 261 g/mol. The Balaban J connectivity index is 2.96. The van der Waals surface area contributed by atoms with Crippen LogP contribution >= 0.6 is 0 Å². The molecular formula is C16H25OSi. The summed E-state index contributed by atoms with van der Waals surface area (Å²) in [7, 11) is 3.24. The van der Waals surface area contributed by atoms with E-state index in [1.165, 1.54) is 30.4 Å². The molecule has 3 radical (unpaired) electrons. The fourth-order valence-corrected chi connectivity index (χ4v) is 2.95. The van der Waals surface area contributed by atoms with E-state index in [9.17, 15) is 0 Å². The molecule has 0 saturated carbocycles. The Kier molecular flexibility index (Phi) is 7.29. The summed E-state index contributed by atoms with van der Waals surface area (Å²) >= 11 is 0. The number of hydrogen-bond donors (Lipinski definition) is 0. The molecule has 18 heavy (non-hydrogen) atoms. The first-order valence-corrected chi connectivity index (χ1v) is 7.59. The van der Waals surface area contributed by atoms with Gasteiger partial charge in [0.25, 0.3) is 0 Å². The molecule has 1 aromatic carbocycles. The number of rotatable bonds is 8. The summed E-state index contributed by atoms with van der Waals surface area (Å²) in [5.41, 5.74) is 2.96. The monoisotopic (exact) mass is 261 g/mol. The Morgan fingerprint density at radius 1 is 1.11 bits per heavy atom. The van der Waals surface area contributed by atoms with E-state index in [4.69, 9.17) is 4.43 Å². The summed E-state index contributed by atoms with van der Waals surface area (Å²) < 4.78 is 5.47. The summed E-state index contributed by atoms with van der Waals surface area (Å²) in [5.74, 6) is 0.487. The molecule has 0 saturated heterocycles.